The van der Waals surface area contributed by atoms with Gasteiger partial charge in [-0.05, 0) is 30.3 Å². The number of fused-ring (bicyclic) bond motifs is 1. The summed E-state index contributed by atoms with van der Waals surface area (Å²) >= 11 is 0. The molecule has 0 fully saturated rings. The highest BCUT2D eigenvalue weighted by molar-refractivity contribution is 6.05. The zero-order chi connectivity index (χ0) is 19.2. The summed E-state index contributed by atoms with van der Waals surface area (Å²) in [6.07, 6.45) is 1.62. The number of rotatable bonds is 7. The highest BCUT2D eigenvalue weighted by Gasteiger charge is 2.14. The first-order valence-electron chi connectivity index (χ1n) is 7.90. The van der Waals surface area contributed by atoms with E-state index in [0.717, 1.165) is 0 Å². The number of urea groups is 1. The third-order valence-electron chi connectivity index (χ3n) is 3.49. The number of aromatic amines is 1. The van der Waals surface area contributed by atoms with Crippen molar-refractivity contribution in [3.63, 3.8) is 0 Å². The van der Waals surface area contributed by atoms with E-state index in [4.69, 9.17) is 4.74 Å². The Morgan fingerprint density at radius 2 is 2.07 bits per heavy atom. The van der Waals surface area contributed by atoms with Crippen LogP contribution in [0.3, 0.4) is 0 Å². The molecule has 0 saturated carbocycles. The van der Waals surface area contributed by atoms with Crippen LogP contribution in [0.5, 0.6) is 11.5 Å². The Balaban J connectivity index is 1.75. The van der Waals surface area contributed by atoms with Crippen molar-refractivity contribution >= 4 is 28.4 Å². The van der Waals surface area contributed by atoms with Crippen LogP contribution in [0.15, 0.2) is 55.1 Å². The van der Waals surface area contributed by atoms with Crippen LogP contribution in [0.2, 0.25) is 0 Å². The number of anilines is 2. The second-order valence-corrected chi connectivity index (χ2v) is 5.33. The third-order valence-corrected chi connectivity index (χ3v) is 3.49. The molecule has 3 N–H and O–H groups in total. The number of carbonyl (C=O) groups excluding carboxylic acids is 1. The fourth-order valence-electron chi connectivity index (χ4n) is 2.36. The van der Waals surface area contributed by atoms with Gasteiger partial charge in [0.1, 0.15) is 18.1 Å². The molecule has 0 radical (unpaired) electrons. The Bertz CT molecular complexity index is 959. The number of hydrogen-bond acceptors (Lipinski definition) is 4. The minimum atomic E-state index is -3.00. The first-order chi connectivity index (χ1) is 13.1. The van der Waals surface area contributed by atoms with Gasteiger partial charge < -0.3 is 14.8 Å². The molecule has 27 heavy (non-hydrogen) atoms. The van der Waals surface area contributed by atoms with Crippen molar-refractivity contribution in [1.29, 1.82) is 0 Å². The molecule has 0 saturated heterocycles. The fourth-order valence-corrected chi connectivity index (χ4v) is 2.36. The van der Waals surface area contributed by atoms with E-state index >= 15 is 0 Å². The van der Waals surface area contributed by atoms with Gasteiger partial charge in [-0.1, -0.05) is 24.8 Å². The molecule has 7 nitrogen and oxygen atoms in total. The van der Waals surface area contributed by atoms with Crippen molar-refractivity contribution < 1.29 is 23.0 Å². The SMILES string of the molecule is C=CCOc1ccc2[nH]nc(NC(=O)Nc3ccccc3OC(F)F)c2c1. The Morgan fingerprint density at radius 3 is 2.85 bits per heavy atom. The fraction of sp³-hybridized carbons (Fsp3) is 0.111. The average molecular weight is 374 g/mol. The number of nitrogens with zero attached hydrogens (tertiary/aromatic N) is 1. The Labute approximate surface area is 153 Å². The highest BCUT2D eigenvalue weighted by atomic mass is 19.3. The number of nitrogens with one attached hydrogen (secondary N) is 3. The van der Waals surface area contributed by atoms with Crippen molar-refractivity contribution in [3.05, 3.63) is 55.1 Å². The molecule has 0 aliphatic rings. The lowest BCUT2D eigenvalue weighted by Crippen LogP contribution is -2.20. The van der Waals surface area contributed by atoms with Gasteiger partial charge in [0.25, 0.3) is 0 Å². The monoisotopic (exact) mass is 374 g/mol. The second-order valence-electron chi connectivity index (χ2n) is 5.33. The molecular weight excluding hydrogens is 358 g/mol. The van der Waals surface area contributed by atoms with E-state index in [-0.39, 0.29) is 17.3 Å². The van der Waals surface area contributed by atoms with Crippen molar-refractivity contribution in [2.75, 3.05) is 17.2 Å². The number of H-pyrrole nitrogens is 1. The molecule has 1 aromatic heterocycles. The highest BCUT2D eigenvalue weighted by Crippen LogP contribution is 2.27. The number of carbonyl (C=O) groups is 1. The number of ether oxygens (including phenoxy) is 2. The Hall–Kier alpha value is -3.62. The van der Waals surface area contributed by atoms with E-state index in [0.29, 0.717) is 23.3 Å². The minimum Gasteiger partial charge on any atom is -0.490 e. The van der Waals surface area contributed by atoms with E-state index in [1.165, 1.54) is 18.2 Å². The van der Waals surface area contributed by atoms with Crippen molar-refractivity contribution in [1.82, 2.24) is 10.2 Å². The molecule has 0 aliphatic heterocycles. The molecule has 0 atom stereocenters. The first-order valence-corrected chi connectivity index (χ1v) is 7.90. The molecular formula is C18H16F2N4O3. The molecule has 0 bridgehead atoms. The van der Waals surface area contributed by atoms with Gasteiger partial charge in [-0.3, -0.25) is 10.4 Å². The quantitative estimate of drug-likeness (QED) is 0.536. The van der Waals surface area contributed by atoms with Crippen LogP contribution in [0.25, 0.3) is 10.9 Å². The average Bonchev–Trinajstić information content (AvgIpc) is 3.03. The van der Waals surface area contributed by atoms with Gasteiger partial charge >= 0.3 is 12.6 Å². The van der Waals surface area contributed by atoms with Crippen molar-refractivity contribution in [2.24, 2.45) is 0 Å². The topological polar surface area (TPSA) is 88.3 Å². The van der Waals surface area contributed by atoms with Gasteiger partial charge in [0, 0.05) is 5.39 Å². The predicted molar refractivity (Wildman–Crippen MR) is 97.5 cm³/mol. The summed E-state index contributed by atoms with van der Waals surface area (Å²) in [5, 5.41) is 12.5. The maximum atomic E-state index is 12.5. The number of para-hydroxylation sites is 2. The molecule has 1 heterocycles. The van der Waals surface area contributed by atoms with Crippen molar-refractivity contribution in [3.8, 4) is 11.5 Å². The van der Waals surface area contributed by atoms with Gasteiger partial charge in [-0.25, -0.2) is 4.79 Å². The Kier molecular flexibility index (Phi) is 5.50. The van der Waals surface area contributed by atoms with Gasteiger partial charge in [0.2, 0.25) is 0 Å². The van der Waals surface area contributed by atoms with E-state index in [1.54, 1.807) is 30.3 Å². The zero-order valence-electron chi connectivity index (χ0n) is 14.0. The summed E-state index contributed by atoms with van der Waals surface area (Å²) in [5.41, 5.74) is 0.794. The minimum absolute atomic E-state index is 0.102. The summed E-state index contributed by atoms with van der Waals surface area (Å²) in [5.74, 6) is 0.705. The van der Waals surface area contributed by atoms with Gasteiger partial charge in [0.15, 0.2) is 5.82 Å². The smallest absolute Gasteiger partial charge is 0.387 e. The van der Waals surface area contributed by atoms with Crippen LogP contribution < -0.4 is 20.1 Å². The molecule has 2 amide bonds. The lowest BCUT2D eigenvalue weighted by Gasteiger charge is -2.11. The lowest BCUT2D eigenvalue weighted by atomic mass is 10.2. The van der Waals surface area contributed by atoms with E-state index < -0.39 is 12.6 Å². The van der Waals surface area contributed by atoms with Crippen LogP contribution in [-0.4, -0.2) is 29.4 Å². The summed E-state index contributed by atoms with van der Waals surface area (Å²) in [7, 11) is 0. The molecule has 3 rings (SSSR count). The maximum absolute atomic E-state index is 12.5. The lowest BCUT2D eigenvalue weighted by molar-refractivity contribution is -0.0493. The number of benzene rings is 2. The predicted octanol–water partition coefficient (Wildman–Crippen LogP) is 4.37. The van der Waals surface area contributed by atoms with Crippen LogP contribution in [0.1, 0.15) is 0 Å². The first kappa shape index (κ1) is 18.2. The normalized spacial score (nSPS) is 10.6. The molecule has 2 aromatic carbocycles. The van der Waals surface area contributed by atoms with Gasteiger partial charge in [-0.15, -0.1) is 0 Å². The molecule has 0 aliphatic carbocycles. The van der Waals surface area contributed by atoms with E-state index in [1.807, 2.05) is 0 Å². The molecule has 0 spiro atoms. The van der Waals surface area contributed by atoms with Crippen LogP contribution in [0, 0.1) is 0 Å². The molecule has 0 unspecified atom stereocenters. The van der Waals surface area contributed by atoms with E-state index in [2.05, 4.69) is 32.1 Å². The maximum Gasteiger partial charge on any atom is 0.387 e. The van der Waals surface area contributed by atoms with Crippen LogP contribution >= 0.6 is 0 Å². The molecule has 9 heteroatoms. The van der Waals surface area contributed by atoms with Gasteiger partial charge in [0.05, 0.1) is 11.2 Å². The van der Waals surface area contributed by atoms with E-state index in [9.17, 15) is 13.6 Å². The molecule has 3 aromatic rings. The number of alkyl halides is 2. The second kappa shape index (κ2) is 8.17. The number of halogens is 2. The zero-order valence-corrected chi connectivity index (χ0v) is 14.0. The van der Waals surface area contributed by atoms with Crippen LogP contribution in [0.4, 0.5) is 25.1 Å². The summed E-state index contributed by atoms with van der Waals surface area (Å²) in [4.78, 5) is 12.3. The number of aromatic nitrogens is 2. The summed E-state index contributed by atoms with van der Waals surface area (Å²) in [6.45, 7) is 0.925. The van der Waals surface area contributed by atoms with Crippen molar-refractivity contribution in [2.45, 2.75) is 6.61 Å². The summed E-state index contributed by atoms with van der Waals surface area (Å²) < 4.78 is 34.8. The van der Waals surface area contributed by atoms with Gasteiger partial charge in [-0.2, -0.15) is 13.9 Å². The standard InChI is InChI=1S/C18H16F2N4O3/c1-2-9-26-11-7-8-13-12(10-11)16(24-23-13)22-18(25)21-14-5-3-4-6-15(14)27-17(19)20/h2-8,10,17H,1,9H2,(H3,21,22,23,24,25). The van der Waals surface area contributed by atoms with Crippen LogP contribution in [-0.2, 0) is 0 Å². The third kappa shape index (κ3) is 4.51. The summed E-state index contributed by atoms with van der Waals surface area (Å²) in [6, 6.07) is 10.4. The largest absolute Gasteiger partial charge is 0.490 e. The number of hydrogen-bond donors (Lipinski definition) is 3. The molecule has 140 valence electrons. The number of amides is 2. The Morgan fingerprint density at radius 1 is 1.26 bits per heavy atom.